The average Bonchev–Trinajstić information content (AvgIpc) is 2.32. The highest BCUT2D eigenvalue weighted by Gasteiger charge is 2.21. The van der Waals surface area contributed by atoms with Gasteiger partial charge in [-0.25, -0.2) is 0 Å². The topological polar surface area (TPSA) is 12.5 Å². The Morgan fingerprint density at radius 2 is 1.85 bits per heavy atom. The summed E-state index contributed by atoms with van der Waals surface area (Å²) < 4.78 is 5.49. The molecule has 0 radical (unpaired) electrons. The lowest BCUT2D eigenvalue weighted by Gasteiger charge is -2.09. The summed E-state index contributed by atoms with van der Waals surface area (Å²) in [6.45, 7) is 8.00. The first kappa shape index (κ1) is 8.17. The molecule has 0 unspecified atom stereocenters. The zero-order valence-corrected chi connectivity index (χ0v) is 8.22. The summed E-state index contributed by atoms with van der Waals surface area (Å²) in [6.07, 6.45) is 0. The second kappa shape index (κ2) is 2.52. The minimum Gasteiger partial charge on any atom is -0.439 e. The molecule has 0 atom stereocenters. The molecule has 0 spiro atoms. The predicted molar refractivity (Wildman–Crippen MR) is 54.1 cm³/mol. The van der Waals surface area contributed by atoms with Crippen LogP contribution in [0.25, 0.3) is 0 Å². The number of benzene rings is 1. The highest BCUT2D eigenvalue weighted by molar-refractivity contribution is 5.67. The van der Waals surface area contributed by atoms with E-state index in [4.69, 9.17) is 4.74 Å². The Kier molecular flexibility index (Phi) is 1.59. The van der Waals surface area contributed by atoms with Gasteiger partial charge < -0.3 is 9.64 Å². The molecule has 0 fully saturated rings. The van der Waals surface area contributed by atoms with E-state index in [9.17, 15) is 0 Å². The monoisotopic (exact) mass is 175 g/mol. The van der Waals surface area contributed by atoms with Crippen LogP contribution in [0, 0.1) is 13.8 Å². The predicted octanol–water partition coefficient (Wildman–Crippen LogP) is 2.60. The number of aryl methyl sites for hydroxylation is 2. The number of nitrogens with zero attached hydrogens (tertiary/aromatic N) is 1. The second-order valence-corrected chi connectivity index (χ2v) is 3.46. The van der Waals surface area contributed by atoms with Gasteiger partial charge in [0.05, 0.1) is 5.69 Å². The standard InChI is InChI=1S/C11H13NO/c1-7-5-10-11(6-8(7)2)13-9(3)12(10)4/h5-6H,3H2,1-2,4H3. The second-order valence-electron chi connectivity index (χ2n) is 3.46. The molecule has 0 saturated heterocycles. The molecule has 2 rings (SSSR count). The quantitative estimate of drug-likeness (QED) is 0.601. The summed E-state index contributed by atoms with van der Waals surface area (Å²) in [5.41, 5.74) is 3.64. The van der Waals surface area contributed by atoms with Gasteiger partial charge in [-0.2, -0.15) is 0 Å². The van der Waals surface area contributed by atoms with Crippen LogP contribution in [0.4, 0.5) is 5.69 Å². The van der Waals surface area contributed by atoms with Crippen LogP contribution in [0.3, 0.4) is 0 Å². The van der Waals surface area contributed by atoms with Crippen LogP contribution in [0.15, 0.2) is 24.6 Å². The molecule has 1 aliphatic rings. The van der Waals surface area contributed by atoms with Gasteiger partial charge >= 0.3 is 0 Å². The van der Waals surface area contributed by atoms with Gasteiger partial charge in [-0.3, -0.25) is 0 Å². The molecule has 0 bridgehead atoms. The molecular weight excluding hydrogens is 162 g/mol. The van der Waals surface area contributed by atoms with Crippen molar-refractivity contribution in [2.24, 2.45) is 0 Å². The van der Waals surface area contributed by atoms with Crippen molar-refractivity contribution < 1.29 is 4.74 Å². The van der Waals surface area contributed by atoms with E-state index in [0.29, 0.717) is 5.88 Å². The molecule has 1 aromatic rings. The van der Waals surface area contributed by atoms with Crippen molar-refractivity contribution in [3.05, 3.63) is 35.7 Å². The SMILES string of the molecule is C=C1Oc2cc(C)c(C)cc2N1C. The molecule has 1 aromatic carbocycles. The van der Waals surface area contributed by atoms with Gasteiger partial charge in [0.2, 0.25) is 0 Å². The number of hydrogen-bond donors (Lipinski definition) is 0. The number of ether oxygens (including phenoxy) is 1. The van der Waals surface area contributed by atoms with E-state index in [1.54, 1.807) is 0 Å². The maximum absolute atomic E-state index is 5.49. The summed E-state index contributed by atoms with van der Waals surface area (Å²) in [5, 5.41) is 0. The molecule has 13 heavy (non-hydrogen) atoms. The smallest absolute Gasteiger partial charge is 0.193 e. The molecular formula is C11H13NO. The fraction of sp³-hybridized carbons (Fsp3) is 0.273. The van der Waals surface area contributed by atoms with E-state index in [0.717, 1.165) is 11.4 Å². The van der Waals surface area contributed by atoms with Gasteiger partial charge in [0.25, 0.3) is 0 Å². The third-order valence-corrected chi connectivity index (χ3v) is 2.54. The van der Waals surface area contributed by atoms with Gasteiger partial charge in [-0.1, -0.05) is 0 Å². The van der Waals surface area contributed by atoms with Crippen LogP contribution in [-0.4, -0.2) is 7.05 Å². The van der Waals surface area contributed by atoms with E-state index >= 15 is 0 Å². The van der Waals surface area contributed by atoms with Crippen LogP contribution in [0.1, 0.15) is 11.1 Å². The van der Waals surface area contributed by atoms with Crippen LogP contribution < -0.4 is 9.64 Å². The number of anilines is 1. The zero-order chi connectivity index (χ0) is 9.59. The minimum atomic E-state index is 0.694. The van der Waals surface area contributed by atoms with E-state index in [1.165, 1.54) is 11.1 Å². The minimum absolute atomic E-state index is 0.694. The third-order valence-electron chi connectivity index (χ3n) is 2.54. The van der Waals surface area contributed by atoms with Gasteiger partial charge in [0.15, 0.2) is 11.6 Å². The van der Waals surface area contributed by atoms with Crippen molar-refractivity contribution in [1.82, 2.24) is 0 Å². The maximum Gasteiger partial charge on any atom is 0.193 e. The van der Waals surface area contributed by atoms with Crippen LogP contribution >= 0.6 is 0 Å². The molecule has 1 aliphatic heterocycles. The fourth-order valence-corrected chi connectivity index (χ4v) is 1.45. The molecule has 2 heteroatoms. The first-order chi connectivity index (χ1) is 6.09. The van der Waals surface area contributed by atoms with Crippen molar-refractivity contribution in [2.75, 3.05) is 11.9 Å². The van der Waals surface area contributed by atoms with Crippen molar-refractivity contribution >= 4 is 5.69 Å². The number of hydrogen-bond acceptors (Lipinski definition) is 2. The normalized spacial score (nSPS) is 14.4. The van der Waals surface area contributed by atoms with E-state index in [1.807, 2.05) is 11.9 Å². The third kappa shape index (κ3) is 1.10. The average molecular weight is 175 g/mol. The lowest BCUT2D eigenvalue weighted by molar-refractivity contribution is 0.446. The van der Waals surface area contributed by atoms with Crippen molar-refractivity contribution in [1.29, 1.82) is 0 Å². The summed E-state index contributed by atoms with van der Waals surface area (Å²) in [5.74, 6) is 1.61. The van der Waals surface area contributed by atoms with Gasteiger partial charge in [-0.15, -0.1) is 0 Å². The van der Waals surface area contributed by atoms with Crippen molar-refractivity contribution in [3.63, 3.8) is 0 Å². The molecule has 0 aliphatic carbocycles. The first-order valence-electron chi connectivity index (χ1n) is 4.31. The Bertz CT molecular complexity index is 382. The maximum atomic E-state index is 5.49. The molecule has 0 amide bonds. The lowest BCUT2D eigenvalue weighted by atomic mass is 10.1. The van der Waals surface area contributed by atoms with Gasteiger partial charge in [0, 0.05) is 7.05 Å². The summed E-state index contributed by atoms with van der Waals surface area (Å²) in [6, 6.07) is 4.18. The van der Waals surface area contributed by atoms with E-state index in [-0.39, 0.29) is 0 Å². The number of fused-ring (bicyclic) bond motifs is 1. The van der Waals surface area contributed by atoms with Gasteiger partial charge in [-0.05, 0) is 43.7 Å². The number of rotatable bonds is 0. The van der Waals surface area contributed by atoms with Crippen molar-refractivity contribution in [3.8, 4) is 5.75 Å². The Balaban J connectivity index is 2.59. The summed E-state index contributed by atoms with van der Waals surface area (Å²) in [4.78, 5) is 1.96. The highest BCUT2D eigenvalue weighted by atomic mass is 16.5. The van der Waals surface area contributed by atoms with Crippen LogP contribution in [0.2, 0.25) is 0 Å². The van der Waals surface area contributed by atoms with E-state index in [2.05, 4.69) is 32.6 Å². The zero-order valence-electron chi connectivity index (χ0n) is 8.22. The van der Waals surface area contributed by atoms with Crippen LogP contribution in [-0.2, 0) is 0 Å². The fourth-order valence-electron chi connectivity index (χ4n) is 1.45. The van der Waals surface area contributed by atoms with Gasteiger partial charge in [0.1, 0.15) is 0 Å². The Morgan fingerprint density at radius 1 is 1.23 bits per heavy atom. The molecule has 68 valence electrons. The Hall–Kier alpha value is -1.44. The highest BCUT2D eigenvalue weighted by Crippen LogP contribution is 2.38. The summed E-state index contributed by atoms with van der Waals surface area (Å²) >= 11 is 0. The Labute approximate surface area is 78.4 Å². The summed E-state index contributed by atoms with van der Waals surface area (Å²) in [7, 11) is 1.96. The lowest BCUT2D eigenvalue weighted by Crippen LogP contribution is -2.11. The largest absolute Gasteiger partial charge is 0.439 e. The molecule has 1 heterocycles. The Morgan fingerprint density at radius 3 is 2.54 bits per heavy atom. The molecule has 0 N–H and O–H groups in total. The van der Waals surface area contributed by atoms with Crippen molar-refractivity contribution in [2.45, 2.75) is 13.8 Å². The molecule has 2 nitrogen and oxygen atoms in total. The first-order valence-corrected chi connectivity index (χ1v) is 4.31. The molecule has 0 saturated carbocycles. The van der Waals surface area contributed by atoms with E-state index < -0.39 is 0 Å². The molecule has 0 aromatic heterocycles. The van der Waals surface area contributed by atoms with Crippen LogP contribution in [0.5, 0.6) is 5.75 Å².